The molecule has 30 heavy (non-hydrogen) atoms. The number of phenols is 1. The molecule has 0 unspecified atom stereocenters. The molecule has 4 aromatic rings. The molecule has 0 spiro atoms. The van der Waals surface area contributed by atoms with Gasteiger partial charge in [-0.15, -0.1) is 0 Å². The predicted octanol–water partition coefficient (Wildman–Crippen LogP) is 3.53. The number of benzene rings is 3. The van der Waals surface area contributed by atoms with Crippen LogP contribution in [0.3, 0.4) is 0 Å². The van der Waals surface area contributed by atoms with Gasteiger partial charge in [-0.1, -0.05) is 18.2 Å². The Bertz CT molecular complexity index is 1320. The summed E-state index contributed by atoms with van der Waals surface area (Å²) in [5.41, 5.74) is 1.36. The fourth-order valence-corrected chi connectivity index (χ4v) is 3.72. The first-order chi connectivity index (χ1) is 14.6. The van der Waals surface area contributed by atoms with Crippen LogP contribution in [-0.2, 0) is 0 Å². The number of para-hydroxylation sites is 1. The number of aliphatic hydroxyl groups excluding tert-OH is 1. The summed E-state index contributed by atoms with van der Waals surface area (Å²) in [5, 5.41) is 20.6. The van der Waals surface area contributed by atoms with Crippen LogP contribution < -0.4 is 19.6 Å². The number of methoxy groups -OCH3 is 1. The molecule has 0 saturated carbocycles. The number of aromatic hydroxyl groups is 1. The van der Waals surface area contributed by atoms with E-state index < -0.39 is 12.2 Å². The molecule has 7 heteroatoms. The van der Waals surface area contributed by atoms with E-state index >= 15 is 0 Å². The molecule has 0 bridgehead atoms. The van der Waals surface area contributed by atoms with Crippen molar-refractivity contribution in [1.82, 2.24) is 0 Å². The number of aliphatic hydroxyl groups is 1. The smallest absolute Gasteiger partial charge is 0.200 e. The first kappa shape index (κ1) is 18.3. The van der Waals surface area contributed by atoms with Gasteiger partial charge in [-0.2, -0.15) is 0 Å². The molecule has 3 aromatic carbocycles. The monoisotopic (exact) mass is 406 g/mol. The first-order valence-corrected chi connectivity index (χ1v) is 9.39. The van der Waals surface area contributed by atoms with Gasteiger partial charge in [0.15, 0.2) is 35.2 Å². The normalized spacial score (nSPS) is 17.9. The van der Waals surface area contributed by atoms with Crippen LogP contribution in [0, 0.1) is 0 Å². The third kappa shape index (κ3) is 2.83. The van der Waals surface area contributed by atoms with Gasteiger partial charge in [-0.05, 0) is 30.3 Å². The Hall–Kier alpha value is -3.71. The zero-order chi connectivity index (χ0) is 20.8. The molecule has 0 amide bonds. The molecule has 1 aromatic heterocycles. The van der Waals surface area contributed by atoms with Gasteiger partial charge < -0.3 is 28.8 Å². The molecule has 0 radical (unpaired) electrons. The summed E-state index contributed by atoms with van der Waals surface area (Å²) in [6.07, 6.45) is -1.36. The maximum Gasteiger partial charge on any atom is 0.200 e. The minimum Gasteiger partial charge on any atom is -0.504 e. The van der Waals surface area contributed by atoms with Crippen molar-refractivity contribution in [3.8, 4) is 23.0 Å². The van der Waals surface area contributed by atoms with E-state index in [9.17, 15) is 15.0 Å². The summed E-state index contributed by atoms with van der Waals surface area (Å²) in [7, 11) is 1.45. The van der Waals surface area contributed by atoms with Gasteiger partial charge in [-0.3, -0.25) is 4.79 Å². The lowest BCUT2D eigenvalue weighted by Gasteiger charge is -2.33. The number of fused-ring (bicyclic) bond motifs is 3. The summed E-state index contributed by atoms with van der Waals surface area (Å²) in [4.78, 5) is 12.9. The van der Waals surface area contributed by atoms with Crippen molar-refractivity contribution < 1.29 is 28.8 Å². The Morgan fingerprint density at radius 2 is 1.77 bits per heavy atom. The van der Waals surface area contributed by atoms with Gasteiger partial charge in [0.05, 0.1) is 24.5 Å². The van der Waals surface area contributed by atoms with Crippen LogP contribution in [0.25, 0.3) is 21.9 Å². The van der Waals surface area contributed by atoms with Crippen molar-refractivity contribution in [2.24, 2.45) is 0 Å². The molecule has 1 aliphatic heterocycles. The molecule has 0 saturated heterocycles. The van der Waals surface area contributed by atoms with Crippen molar-refractivity contribution in [2.75, 3.05) is 13.7 Å². The van der Waals surface area contributed by atoms with Gasteiger partial charge >= 0.3 is 0 Å². The second-order valence-corrected chi connectivity index (χ2v) is 7.03. The van der Waals surface area contributed by atoms with Crippen LogP contribution in [0.2, 0.25) is 0 Å². The molecule has 0 aliphatic carbocycles. The minimum absolute atomic E-state index is 0.00132. The van der Waals surface area contributed by atoms with E-state index in [0.29, 0.717) is 39.0 Å². The Morgan fingerprint density at radius 1 is 0.967 bits per heavy atom. The van der Waals surface area contributed by atoms with Crippen LogP contribution in [0.5, 0.6) is 23.0 Å². The Morgan fingerprint density at radius 3 is 2.57 bits per heavy atom. The number of hydrogen-bond acceptors (Lipinski definition) is 7. The molecular weight excluding hydrogens is 388 g/mol. The van der Waals surface area contributed by atoms with Crippen molar-refractivity contribution in [1.29, 1.82) is 0 Å². The van der Waals surface area contributed by atoms with Crippen LogP contribution in [0.15, 0.2) is 63.8 Å². The fourth-order valence-electron chi connectivity index (χ4n) is 3.72. The van der Waals surface area contributed by atoms with Gasteiger partial charge in [0.1, 0.15) is 11.2 Å². The highest BCUT2D eigenvalue weighted by Crippen LogP contribution is 2.43. The Labute approximate surface area is 170 Å². The molecule has 2 atom stereocenters. The van der Waals surface area contributed by atoms with Crippen LogP contribution >= 0.6 is 0 Å². The zero-order valence-corrected chi connectivity index (χ0v) is 16.0. The van der Waals surface area contributed by atoms with Crippen molar-refractivity contribution >= 4 is 21.9 Å². The highest BCUT2D eigenvalue weighted by Gasteiger charge is 2.34. The topological polar surface area (TPSA) is 98.4 Å². The maximum atomic E-state index is 12.9. The number of hydrogen-bond donors (Lipinski definition) is 2. The standard InChI is InChI=1S/C23H18O7/c1-27-18-8-12(6-7-15(18)25)23-21(11-24)29-19-9-14-17(10-20(19)30-23)28-16-5-3-2-4-13(16)22(14)26/h2-10,21,23-25H,11H2,1H3/t21-,23-/m1/s1. The van der Waals surface area contributed by atoms with E-state index in [2.05, 4.69) is 0 Å². The Balaban J connectivity index is 1.63. The summed E-state index contributed by atoms with van der Waals surface area (Å²) in [6, 6.07) is 15.0. The summed E-state index contributed by atoms with van der Waals surface area (Å²) >= 11 is 0. The maximum absolute atomic E-state index is 12.9. The van der Waals surface area contributed by atoms with Crippen molar-refractivity contribution in [3.05, 3.63) is 70.4 Å². The fraction of sp³-hybridized carbons (Fsp3) is 0.174. The molecule has 2 heterocycles. The third-order valence-electron chi connectivity index (χ3n) is 5.22. The van der Waals surface area contributed by atoms with E-state index in [-0.39, 0.29) is 23.5 Å². The quantitative estimate of drug-likeness (QED) is 0.502. The van der Waals surface area contributed by atoms with Crippen molar-refractivity contribution in [3.63, 3.8) is 0 Å². The molecule has 5 rings (SSSR count). The number of rotatable bonds is 3. The molecule has 2 N–H and O–H groups in total. The van der Waals surface area contributed by atoms with Gasteiger partial charge in [0.2, 0.25) is 5.43 Å². The Kier molecular flexibility index (Phi) is 4.25. The van der Waals surface area contributed by atoms with E-state index in [1.54, 1.807) is 48.5 Å². The van der Waals surface area contributed by atoms with E-state index in [0.717, 1.165) is 0 Å². The first-order valence-electron chi connectivity index (χ1n) is 9.39. The molecule has 1 aliphatic rings. The molecule has 0 fully saturated rings. The van der Waals surface area contributed by atoms with E-state index in [1.165, 1.54) is 13.2 Å². The highest BCUT2D eigenvalue weighted by molar-refractivity contribution is 5.91. The SMILES string of the molecule is COc1cc([C@H]2Oc3cc4oc5ccccc5c(=O)c4cc3O[C@@H]2CO)ccc1O. The summed E-state index contributed by atoms with van der Waals surface area (Å²) in [5.74, 6) is 1.03. The number of ether oxygens (including phenoxy) is 3. The highest BCUT2D eigenvalue weighted by atomic mass is 16.6. The van der Waals surface area contributed by atoms with Crippen molar-refractivity contribution in [2.45, 2.75) is 12.2 Å². The van der Waals surface area contributed by atoms with Crippen LogP contribution in [0.1, 0.15) is 11.7 Å². The minimum atomic E-state index is -0.711. The zero-order valence-electron chi connectivity index (χ0n) is 16.0. The van der Waals surface area contributed by atoms with Gasteiger partial charge in [0, 0.05) is 11.6 Å². The lowest BCUT2D eigenvalue weighted by molar-refractivity contribution is -0.0122. The second-order valence-electron chi connectivity index (χ2n) is 7.03. The molecular formula is C23H18O7. The van der Waals surface area contributed by atoms with Gasteiger partial charge in [0.25, 0.3) is 0 Å². The predicted molar refractivity (Wildman–Crippen MR) is 110 cm³/mol. The average Bonchev–Trinajstić information content (AvgIpc) is 2.78. The average molecular weight is 406 g/mol. The molecule has 152 valence electrons. The van der Waals surface area contributed by atoms with Gasteiger partial charge in [-0.25, -0.2) is 0 Å². The molecule has 7 nitrogen and oxygen atoms in total. The lowest BCUT2D eigenvalue weighted by atomic mass is 10.0. The van der Waals surface area contributed by atoms with Crippen LogP contribution in [0.4, 0.5) is 0 Å². The number of phenolic OH excluding ortho intramolecular Hbond substituents is 1. The second kappa shape index (κ2) is 6.96. The van der Waals surface area contributed by atoms with E-state index in [1.807, 2.05) is 0 Å². The third-order valence-corrected chi connectivity index (χ3v) is 5.22. The van der Waals surface area contributed by atoms with E-state index in [4.69, 9.17) is 18.6 Å². The summed E-state index contributed by atoms with van der Waals surface area (Å²) < 4.78 is 23.2. The summed E-state index contributed by atoms with van der Waals surface area (Å²) in [6.45, 7) is -0.308. The largest absolute Gasteiger partial charge is 0.504 e. The lowest BCUT2D eigenvalue weighted by Crippen LogP contribution is -2.36. The van der Waals surface area contributed by atoms with Crippen LogP contribution in [-0.4, -0.2) is 30.0 Å².